The van der Waals surface area contributed by atoms with Gasteiger partial charge in [-0.1, -0.05) is 12.7 Å². The number of hydrogen-bond acceptors (Lipinski definition) is 3. The van der Waals surface area contributed by atoms with Crippen LogP contribution in [0.5, 0.6) is 5.75 Å². The summed E-state index contributed by atoms with van der Waals surface area (Å²) in [6.45, 7) is 5.25. The Hall–Kier alpha value is -1.74. The van der Waals surface area contributed by atoms with Crippen LogP contribution < -0.4 is 10.1 Å². The van der Waals surface area contributed by atoms with E-state index in [0.29, 0.717) is 5.75 Å². The summed E-state index contributed by atoms with van der Waals surface area (Å²) < 4.78 is 4.98. The minimum absolute atomic E-state index is 0.0610. The van der Waals surface area contributed by atoms with Crippen molar-refractivity contribution in [2.24, 2.45) is 0 Å². The first-order valence-electron chi connectivity index (χ1n) is 5.65. The van der Waals surface area contributed by atoms with Gasteiger partial charge in [-0.3, -0.25) is 4.79 Å². The maximum absolute atomic E-state index is 10.8. The summed E-state index contributed by atoms with van der Waals surface area (Å²) in [5.74, 6) is 0.216. The molecule has 1 N–H and O–H groups in total. The molecule has 1 aromatic carbocycles. The molecule has 0 spiro atoms. The van der Waals surface area contributed by atoms with Crippen LogP contribution in [0.1, 0.15) is 18.9 Å². The molecular formula is C14H14ClNO2. The van der Waals surface area contributed by atoms with E-state index < -0.39 is 0 Å². The van der Waals surface area contributed by atoms with Crippen molar-refractivity contribution in [3.63, 3.8) is 0 Å². The molecule has 2 rings (SSSR count). The van der Waals surface area contributed by atoms with Crippen LogP contribution in [0.3, 0.4) is 0 Å². The molecule has 0 amide bonds. The fourth-order valence-corrected chi connectivity index (χ4v) is 1.87. The van der Waals surface area contributed by atoms with Gasteiger partial charge in [-0.2, -0.15) is 0 Å². The number of halogens is 1. The van der Waals surface area contributed by atoms with Crippen LogP contribution in [0.2, 0.25) is 0 Å². The van der Waals surface area contributed by atoms with Gasteiger partial charge in [0.25, 0.3) is 0 Å². The fraction of sp³-hybridized carbons (Fsp3) is 0.214. The Balaban J connectivity index is 2.15. The number of alkyl halides is 1. The first-order chi connectivity index (χ1) is 8.56. The van der Waals surface area contributed by atoms with Gasteiger partial charge in [0.15, 0.2) is 0 Å². The average molecular weight is 264 g/mol. The van der Waals surface area contributed by atoms with E-state index in [1.54, 1.807) is 12.1 Å². The Bertz CT molecular complexity index is 505. The lowest BCUT2D eigenvalue weighted by atomic mass is 10.1. The van der Waals surface area contributed by atoms with E-state index in [9.17, 15) is 4.79 Å². The second-order valence-electron chi connectivity index (χ2n) is 4.09. The molecule has 1 heterocycles. The van der Waals surface area contributed by atoms with Gasteiger partial charge in [0.1, 0.15) is 5.75 Å². The van der Waals surface area contributed by atoms with Crippen LogP contribution in [0.4, 0.5) is 0 Å². The van der Waals surface area contributed by atoms with Crippen LogP contribution in [0.25, 0.3) is 5.70 Å². The molecule has 18 heavy (non-hydrogen) atoms. The van der Waals surface area contributed by atoms with Gasteiger partial charge in [-0.15, -0.1) is 11.6 Å². The molecule has 3 nitrogen and oxygen atoms in total. The standard InChI is InChI=1S/C14H14ClNO2/c1-9-13(15)7-8-14(16-9)11-3-5-12(6-4-11)18-10(2)17/h3-6,8,13,16H,1,7H2,2H3. The second kappa shape index (κ2) is 5.27. The van der Waals surface area contributed by atoms with E-state index in [-0.39, 0.29) is 11.3 Å². The van der Waals surface area contributed by atoms with Gasteiger partial charge in [0.05, 0.1) is 5.38 Å². The lowest BCUT2D eigenvalue weighted by Crippen LogP contribution is -2.22. The molecule has 0 aromatic heterocycles. The first kappa shape index (κ1) is 12.7. The summed E-state index contributed by atoms with van der Waals surface area (Å²) in [6, 6.07) is 7.29. The number of carbonyl (C=O) groups is 1. The Morgan fingerprint density at radius 2 is 2.11 bits per heavy atom. The molecule has 1 unspecified atom stereocenters. The Morgan fingerprint density at radius 1 is 1.44 bits per heavy atom. The second-order valence-corrected chi connectivity index (χ2v) is 4.62. The quantitative estimate of drug-likeness (QED) is 0.506. The van der Waals surface area contributed by atoms with Gasteiger partial charge < -0.3 is 10.1 Å². The molecule has 0 saturated heterocycles. The van der Waals surface area contributed by atoms with Crippen LogP contribution >= 0.6 is 11.6 Å². The molecule has 0 fully saturated rings. The van der Waals surface area contributed by atoms with Crippen LogP contribution in [0.15, 0.2) is 42.6 Å². The summed E-state index contributed by atoms with van der Waals surface area (Å²) in [6.07, 6.45) is 2.79. The molecule has 0 aliphatic carbocycles. The zero-order chi connectivity index (χ0) is 13.1. The number of hydrogen-bond donors (Lipinski definition) is 1. The van der Waals surface area contributed by atoms with E-state index >= 15 is 0 Å². The largest absolute Gasteiger partial charge is 0.427 e. The molecule has 1 aliphatic heterocycles. The van der Waals surface area contributed by atoms with Crippen molar-refractivity contribution in [1.82, 2.24) is 5.32 Å². The highest BCUT2D eigenvalue weighted by Gasteiger charge is 2.15. The summed E-state index contributed by atoms with van der Waals surface area (Å²) in [5.41, 5.74) is 2.79. The Morgan fingerprint density at radius 3 is 2.67 bits per heavy atom. The number of benzene rings is 1. The van der Waals surface area contributed by atoms with Gasteiger partial charge in [0.2, 0.25) is 0 Å². The smallest absolute Gasteiger partial charge is 0.308 e. The number of allylic oxidation sites excluding steroid dienone is 2. The van der Waals surface area contributed by atoms with Crippen LogP contribution in [-0.2, 0) is 4.79 Å². The maximum atomic E-state index is 10.8. The highest BCUT2D eigenvalue weighted by Crippen LogP contribution is 2.25. The predicted octanol–water partition coefficient (Wildman–Crippen LogP) is 3.07. The van der Waals surface area contributed by atoms with Gasteiger partial charge in [0, 0.05) is 18.3 Å². The minimum atomic E-state index is -0.323. The molecule has 1 atom stereocenters. The van der Waals surface area contributed by atoms with Gasteiger partial charge in [-0.05, 0) is 36.2 Å². The van der Waals surface area contributed by atoms with Crippen molar-refractivity contribution in [3.8, 4) is 5.75 Å². The number of rotatable bonds is 2. The predicted molar refractivity (Wildman–Crippen MR) is 72.3 cm³/mol. The molecule has 1 aromatic rings. The lowest BCUT2D eigenvalue weighted by Gasteiger charge is -2.22. The van der Waals surface area contributed by atoms with Crippen molar-refractivity contribution >= 4 is 23.3 Å². The Kier molecular flexibility index (Phi) is 3.72. The average Bonchev–Trinajstić information content (AvgIpc) is 2.33. The molecule has 1 aliphatic rings. The van der Waals surface area contributed by atoms with E-state index in [4.69, 9.17) is 16.3 Å². The van der Waals surface area contributed by atoms with Gasteiger partial charge >= 0.3 is 5.97 Å². The number of esters is 1. The number of ether oxygens (including phenoxy) is 1. The van der Waals surface area contributed by atoms with Crippen molar-refractivity contribution in [2.75, 3.05) is 0 Å². The highest BCUT2D eigenvalue weighted by molar-refractivity contribution is 6.22. The van der Waals surface area contributed by atoms with Crippen molar-refractivity contribution < 1.29 is 9.53 Å². The summed E-state index contributed by atoms with van der Waals surface area (Å²) in [7, 11) is 0. The molecule has 4 heteroatoms. The maximum Gasteiger partial charge on any atom is 0.308 e. The van der Waals surface area contributed by atoms with Crippen molar-refractivity contribution in [1.29, 1.82) is 0 Å². The van der Waals surface area contributed by atoms with E-state index in [2.05, 4.69) is 11.9 Å². The monoisotopic (exact) mass is 263 g/mol. The third kappa shape index (κ3) is 2.93. The van der Waals surface area contributed by atoms with Crippen molar-refractivity contribution in [2.45, 2.75) is 18.7 Å². The Labute approximate surface area is 111 Å². The topological polar surface area (TPSA) is 38.3 Å². The third-order valence-corrected chi connectivity index (χ3v) is 3.07. The molecule has 0 bridgehead atoms. The fourth-order valence-electron chi connectivity index (χ4n) is 1.72. The van der Waals surface area contributed by atoms with Crippen molar-refractivity contribution in [3.05, 3.63) is 48.2 Å². The van der Waals surface area contributed by atoms with E-state index in [1.807, 2.05) is 18.2 Å². The SMILES string of the molecule is C=C1NC(c2ccc(OC(C)=O)cc2)=CCC1Cl. The zero-order valence-electron chi connectivity index (χ0n) is 10.1. The number of nitrogens with one attached hydrogen (secondary N) is 1. The van der Waals surface area contributed by atoms with Gasteiger partial charge in [-0.25, -0.2) is 0 Å². The molecule has 94 valence electrons. The number of carbonyl (C=O) groups excluding carboxylic acids is 1. The molecule has 0 radical (unpaired) electrons. The zero-order valence-corrected chi connectivity index (χ0v) is 10.8. The summed E-state index contributed by atoms with van der Waals surface area (Å²) in [5, 5.41) is 3.11. The summed E-state index contributed by atoms with van der Waals surface area (Å²) in [4.78, 5) is 10.8. The first-order valence-corrected chi connectivity index (χ1v) is 6.09. The van der Waals surface area contributed by atoms with Crippen LogP contribution in [-0.4, -0.2) is 11.3 Å². The normalized spacial score (nSPS) is 18.9. The molecular weight excluding hydrogens is 250 g/mol. The van der Waals surface area contributed by atoms with Crippen LogP contribution in [0, 0.1) is 0 Å². The van der Waals surface area contributed by atoms with E-state index in [0.717, 1.165) is 23.4 Å². The summed E-state index contributed by atoms with van der Waals surface area (Å²) >= 11 is 6.04. The van der Waals surface area contributed by atoms with E-state index in [1.165, 1.54) is 6.92 Å². The third-order valence-electron chi connectivity index (χ3n) is 2.63. The minimum Gasteiger partial charge on any atom is -0.427 e. The highest BCUT2D eigenvalue weighted by atomic mass is 35.5. The molecule has 0 saturated carbocycles. The lowest BCUT2D eigenvalue weighted by molar-refractivity contribution is -0.131.